The highest BCUT2D eigenvalue weighted by Crippen LogP contribution is 2.34. The first kappa shape index (κ1) is 21.9. The quantitative estimate of drug-likeness (QED) is 0.533. The Kier molecular flexibility index (Phi) is 7.15. The molecule has 30 heavy (non-hydrogen) atoms. The summed E-state index contributed by atoms with van der Waals surface area (Å²) in [4.78, 5) is 36.1. The zero-order chi connectivity index (χ0) is 21.7. The lowest BCUT2D eigenvalue weighted by atomic mass is 10.1. The van der Waals surface area contributed by atoms with Crippen molar-refractivity contribution in [3.05, 3.63) is 35.2 Å². The lowest BCUT2D eigenvalue weighted by molar-refractivity contribution is -0.113. The molecule has 1 aliphatic rings. The SMILES string of the molecule is COc1cc(NC(=O)CSc2nc(C)cc(C)n2)c(C(=O)N2CCCC2)cc1OC. The van der Waals surface area contributed by atoms with Gasteiger partial charge in [-0.25, -0.2) is 9.97 Å². The lowest BCUT2D eigenvalue weighted by Gasteiger charge is -2.20. The van der Waals surface area contributed by atoms with E-state index < -0.39 is 0 Å². The van der Waals surface area contributed by atoms with Gasteiger partial charge in [0, 0.05) is 30.5 Å². The summed E-state index contributed by atoms with van der Waals surface area (Å²) in [5, 5.41) is 3.39. The van der Waals surface area contributed by atoms with Crippen LogP contribution in [0.2, 0.25) is 0 Å². The van der Waals surface area contributed by atoms with Crippen molar-refractivity contribution in [2.75, 3.05) is 38.4 Å². The van der Waals surface area contributed by atoms with Crippen molar-refractivity contribution in [1.82, 2.24) is 14.9 Å². The summed E-state index contributed by atoms with van der Waals surface area (Å²) in [5.41, 5.74) is 2.49. The molecule has 2 heterocycles. The second kappa shape index (κ2) is 9.80. The molecular weight excluding hydrogens is 404 g/mol. The van der Waals surface area contributed by atoms with Crippen LogP contribution in [0.5, 0.6) is 11.5 Å². The molecule has 9 heteroatoms. The van der Waals surface area contributed by atoms with Crippen molar-refractivity contribution in [3.63, 3.8) is 0 Å². The molecule has 1 saturated heterocycles. The number of aryl methyl sites for hydroxylation is 2. The monoisotopic (exact) mass is 430 g/mol. The number of amides is 2. The first-order valence-corrected chi connectivity index (χ1v) is 10.7. The molecule has 0 unspecified atom stereocenters. The van der Waals surface area contributed by atoms with Crippen molar-refractivity contribution < 1.29 is 19.1 Å². The van der Waals surface area contributed by atoms with Gasteiger partial charge in [0.05, 0.1) is 31.2 Å². The van der Waals surface area contributed by atoms with E-state index in [-0.39, 0.29) is 17.6 Å². The number of likely N-dealkylation sites (tertiary alicyclic amines) is 1. The number of anilines is 1. The van der Waals surface area contributed by atoms with E-state index in [1.807, 2.05) is 19.9 Å². The maximum atomic E-state index is 13.0. The van der Waals surface area contributed by atoms with Crippen molar-refractivity contribution >= 4 is 29.3 Å². The van der Waals surface area contributed by atoms with Gasteiger partial charge in [-0.1, -0.05) is 11.8 Å². The molecule has 1 N–H and O–H groups in total. The van der Waals surface area contributed by atoms with Crippen LogP contribution in [-0.2, 0) is 4.79 Å². The van der Waals surface area contributed by atoms with Gasteiger partial charge in [-0.3, -0.25) is 9.59 Å². The summed E-state index contributed by atoms with van der Waals surface area (Å²) >= 11 is 1.25. The van der Waals surface area contributed by atoms with Crippen molar-refractivity contribution in [2.24, 2.45) is 0 Å². The summed E-state index contributed by atoms with van der Waals surface area (Å²) in [6, 6.07) is 5.12. The minimum atomic E-state index is -0.259. The Balaban J connectivity index is 1.80. The normalized spacial score (nSPS) is 13.3. The first-order valence-electron chi connectivity index (χ1n) is 9.71. The molecule has 2 aromatic rings. The standard InChI is InChI=1S/C21H26N4O4S/c1-13-9-14(2)23-21(22-13)30-12-19(26)24-16-11-18(29-4)17(28-3)10-15(16)20(27)25-7-5-6-8-25/h9-11H,5-8,12H2,1-4H3,(H,24,26). The fourth-order valence-electron chi connectivity index (χ4n) is 3.32. The Hall–Kier alpha value is -2.81. The van der Waals surface area contributed by atoms with Crippen molar-refractivity contribution in [3.8, 4) is 11.5 Å². The minimum Gasteiger partial charge on any atom is -0.493 e. The number of thioether (sulfide) groups is 1. The third-order valence-corrected chi connectivity index (χ3v) is 5.56. The molecule has 0 aliphatic carbocycles. The molecule has 0 radical (unpaired) electrons. The Morgan fingerprint density at radius 1 is 1.03 bits per heavy atom. The molecule has 1 aromatic carbocycles. The maximum absolute atomic E-state index is 13.0. The number of rotatable bonds is 7. The number of carbonyl (C=O) groups excluding carboxylic acids is 2. The van der Waals surface area contributed by atoms with Crippen LogP contribution in [0.1, 0.15) is 34.6 Å². The molecule has 0 atom stereocenters. The van der Waals surface area contributed by atoms with E-state index in [4.69, 9.17) is 9.47 Å². The van der Waals surface area contributed by atoms with Crippen LogP contribution in [0.3, 0.4) is 0 Å². The topological polar surface area (TPSA) is 93.7 Å². The van der Waals surface area contributed by atoms with Gasteiger partial charge in [-0.15, -0.1) is 0 Å². The summed E-state index contributed by atoms with van der Waals surface area (Å²) in [5.74, 6) is 0.612. The Labute approximate surface area is 180 Å². The number of benzene rings is 1. The number of nitrogens with one attached hydrogen (secondary N) is 1. The van der Waals surface area contributed by atoms with E-state index in [0.29, 0.717) is 41.0 Å². The molecule has 2 amide bonds. The van der Waals surface area contributed by atoms with Gasteiger partial charge in [0.2, 0.25) is 5.91 Å². The van der Waals surface area contributed by atoms with Gasteiger partial charge in [-0.05, 0) is 38.8 Å². The van der Waals surface area contributed by atoms with Crippen molar-refractivity contribution in [1.29, 1.82) is 0 Å². The van der Waals surface area contributed by atoms with Crippen LogP contribution >= 0.6 is 11.8 Å². The van der Waals surface area contributed by atoms with Gasteiger partial charge in [0.15, 0.2) is 16.7 Å². The second-order valence-corrected chi connectivity index (χ2v) is 7.96. The number of hydrogen-bond acceptors (Lipinski definition) is 7. The molecule has 160 valence electrons. The number of ether oxygens (including phenoxy) is 2. The van der Waals surface area contributed by atoms with Crippen LogP contribution in [0.15, 0.2) is 23.4 Å². The molecule has 0 spiro atoms. The van der Waals surface area contributed by atoms with E-state index in [1.165, 1.54) is 26.0 Å². The number of carbonyl (C=O) groups is 2. The zero-order valence-electron chi connectivity index (χ0n) is 17.7. The van der Waals surface area contributed by atoms with Gasteiger partial charge < -0.3 is 19.7 Å². The third kappa shape index (κ3) is 5.21. The Bertz CT molecular complexity index is 925. The minimum absolute atomic E-state index is 0.120. The van der Waals surface area contributed by atoms with Crippen LogP contribution in [-0.4, -0.2) is 59.7 Å². The second-order valence-electron chi connectivity index (χ2n) is 7.02. The molecule has 0 saturated carbocycles. The van der Waals surface area contributed by atoms with Crippen LogP contribution in [0.4, 0.5) is 5.69 Å². The van der Waals surface area contributed by atoms with Crippen LogP contribution in [0, 0.1) is 13.8 Å². The van der Waals surface area contributed by atoms with Gasteiger partial charge >= 0.3 is 0 Å². The molecule has 3 rings (SSSR count). The number of aromatic nitrogens is 2. The molecule has 0 bridgehead atoms. The summed E-state index contributed by atoms with van der Waals surface area (Å²) in [6.07, 6.45) is 1.96. The fourth-order valence-corrected chi connectivity index (χ4v) is 4.07. The summed E-state index contributed by atoms with van der Waals surface area (Å²) in [6.45, 7) is 5.19. The summed E-state index contributed by atoms with van der Waals surface area (Å²) < 4.78 is 10.7. The van der Waals surface area contributed by atoms with E-state index in [0.717, 1.165) is 24.2 Å². The van der Waals surface area contributed by atoms with E-state index in [2.05, 4.69) is 15.3 Å². The highest BCUT2D eigenvalue weighted by Gasteiger charge is 2.25. The number of methoxy groups -OCH3 is 2. The number of nitrogens with zero attached hydrogens (tertiary/aromatic N) is 3. The molecule has 1 aromatic heterocycles. The number of hydrogen-bond donors (Lipinski definition) is 1. The van der Waals surface area contributed by atoms with E-state index in [1.54, 1.807) is 17.0 Å². The fraction of sp³-hybridized carbons (Fsp3) is 0.429. The lowest BCUT2D eigenvalue weighted by Crippen LogP contribution is -2.29. The van der Waals surface area contributed by atoms with Gasteiger partial charge in [0.25, 0.3) is 5.91 Å². The maximum Gasteiger partial charge on any atom is 0.256 e. The van der Waals surface area contributed by atoms with Crippen LogP contribution < -0.4 is 14.8 Å². The Morgan fingerprint density at radius 3 is 2.23 bits per heavy atom. The van der Waals surface area contributed by atoms with Gasteiger partial charge in [-0.2, -0.15) is 0 Å². The third-order valence-electron chi connectivity index (χ3n) is 4.72. The molecule has 1 aliphatic heterocycles. The molecule has 8 nitrogen and oxygen atoms in total. The van der Waals surface area contributed by atoms with Crippen molar-refractivity contribution in [2.45, 2.75) is 31.8 Å². The Morgan fingerprint density at radius 2 is 1.63 bits per heavy atom. The molecular formula is C21H26N4O4S. The highest BCUT2D eigenvalue weighted by atomic mass is 32.2. The predicted molar refractivity (Wildman–Crippen MR) is 116 cm³/mol. The van der Waals surface area contributed by atoms with Crippen LogP contribution in [0.25, 0.3) is 0 Å². The average molecular weight is 431 g/mol. The highest BCUT2D eigenvalue weighted by molar-refractivity contribution is 7.99. The summed E-state index contributed by atoms with van der Waals surface area (Å²) in [7, 11) is 3.03. The largest absolute Gasteiger partial charge is 0.493 e. The van der Waals surface area contributed by atoms with Gasteiger partial charge in [0.1, 0.15) is 0 Å². The smallest absolute Gasteiger partial charge is 0.256 e. The average Bonchev–Trinajstić information content (AvgIpc) is 3.25. The molecule has 1 fully saturated rings. The predicted octanol–water partition coefficient (Wildman–Crippen LogP) is 3.08. The first-order chi connectivity index (χ1) is 14.4. The van der Waals surface area contributed by atoms with E-state index in [9.17, 15) is 9.59 Å². The van der Waals surface area contributed by atoms with E-state index >= 15 is 0 Å². The zero-order valence-corrected chi connectivity index (χ0v) is 18.5.